The van der Waals surface area contributed by atoms with Crippen LogP contribution >= 0.6 is 11.8 Å². The lowest BCUT2D eigenvalue weighted by Crippen LogP contribution is -2.49. The van der Waals surface area contributed by atoms with Crippen LogP contribution in [0.2, 0.25) is 0 Å². The van der Waals surface area contributed by atoms with Crippen LogP contribution in [-0.2, 0) is 14.4 Å². The van der Waals surface area contributed by atoms with Gasteiger partial charge in [0.25, 0.3) is 0 Å². The van der Waals surface area contributed by atoms with Crippen LogP contribution < -0.4 is 4.90 Å². The van der Waals surface area contributed by atoms with E-state index in [-0.39, 0.29) is 30.8 Å². The largest absolute Gasteiger partial charge is 0.481 e. The van der Waals surface area contributed by atoms with Crippen molar-refractivity contribution in [3.63, 3.8) is 0 Å². The van der Waals surface area contributed by atoms with Gasteiger partial charge in [0.1, 0.15) is 0 Å². The number of likely N-dealkylation sites (tertiary alicyclic amines) is 1. The van der Waals surface area contributed by atoms with Gasteiger partial charge in [0.2, 0.25) is 11.8 Å². The molecule has 0 saturated carbocycles. The Balaban J connectivity index is 1.70. The van der Waals surface area contributed by atoms with Gasteiger partial charge in [-0.15, -0.1) is 11.8 Å². The summed E-state index contributed by atoms with van der Waals surface area (Å²) < 4.78 is 0. The molecule has 3 atom stereocenters. The predicted octanol–water partition coefficient (Wildman–Crippen LogP) is 2.47. The van der Waals surface area contributed by atoms with Crippen molar-refractivity contribution in [3.05, 3.63) is 24.3 Å². The van der Waals surface area contributed by atoms with Gasteiger partial charge in [-0.05, 0) is 50.3 Å². The number of benzene rings is 1. The number of carbonyl (C=O) groups excluding carboxylic acids is 2. The van der Waals surface area contributed by atoms with E-state index >= 15 is 0 Å². The Morgan fingerprint density at radius 2 is 1.81 bits per heavy atom. The maximum absolute atomic E-state index is 13.0. The van der Waals surface area contributed by atoms with Crippen LogP contribution in [0.4, 0.5) is 5.69 Å². The molecule has 26 heavy (non-hydrogen) atoms. The van der Waals surface area contributed by atoms with Gasteiger partial charge in [0.05, 0.1) is 11.8 Å². The zero-order valence-electron chi connectivity index (χ0n) is 15.1. The van der Waals surface area contributed by atoms with Crippen LogP contribution in [0.5, 0.6) is 0 Å². The van der Waals surface area contributed by atoms with Gasteiger partial charge >= 0.3 is 5.97 Å². The molecular formula is C19H24N2O4S. The molecule has 0 radical (unpaired) electrons. The van der Waals surface area contributed by atoms with E-state index in [9.17, 15) is 19.5 Å². The number of carboxylic acid groups (broad SMARTS) is 1. The fraction of sp³-hybridized carbons (Fsp3) is 0.526. The van der Waals surface area contributed by atoms with E-state index in [4.69, 9.17) is 0 Å². The highest BCUT2D eigenvalue weighted by Gasteiger charge is 2.40. The topological polar surface area (TPSA) is 77.9 Å². The minimum Gasteiger partial charge on any atom is -0.481 e. The molecule has 0 bridgehead atoms. The highest BCUT2D eigenvalue weighted by molar-refractivity contribution is 7.98. The van der Waals surface area contributed by atoms with Crippen LogP contribution in [0.1, 0.15) is 26.2 Å². The summed E-state index contributed by atoms with van der Waals surface area (Å²) in [6.07, 6.45) is 3.46. The summed E-state index contributed by atoms with van der Waals surface area (Å²) in [6.45, 7) is 2.55. The molecular weight excluding hydrogens is 352 g/mol. The van der Waals surface area contributed by atoms with E-state index in [1.54, 1.807) is 21.6 Å². The number of thioether (sulfide) groups is 1. The summed E-state index contributed by atoms with van der Waals surface area (Å²) in [5.74, 6) is -1.92. The molecule has 3 unspecified atom stereocenters. The van der Waals surface area contributed by atoms with Crippen LogP contribution in [0.25, 0.3) is 0 Å². The first-order chi connectivity index (χ1) is 12.4. The van der Waals surface area contributed by atoms with Gasteiger partial charge in [0.15, 0.2) is 0 Å². The SMILES string of the molecule is CSc1ccc(N2CC(C(=O)N3CC(C(=O)O)CCC3C)CC2=O)cc1. The number of carbonyl (C=O) groups is 3. The molecule has 140 valence electrons. The second kappa shape index (κ2) is 7.70. The summed E-state index contributed by atoms with van der Waals surface area (Å²) in [7, 11) is 0. The molecule has 0 spiro atoms. The zero-order chi connectivity index (χ0) is 18.8. The van der Waals surface area contributed by atoms with E-state index in [2.05, 4.69) is 0 Å². The monoisotopic (exact) mass is 376 g/mol. The van der Waals surface area contributed by atoms with E-state index in [0.717, 1.165) is 10.6 Å². The summed E-state index contributed by atoms with van der Waals surface area (Å²) >= 11 is 1.64. The third-order valence-electron chi connectivity index (χ3n) is 5.37. The van der Waals surface area contributed by atoms with Gasteiger partial charge in [-0.1, -0.05) is 0 Å². The zero-order valence-corrected chi connectivity index (χ0v) is 15.9. The third kappa shape index (κ3) is 3.72. The van der Waals surface area contributed by atoms with E-state index in [0.29, 0.717) is 19.4 Å². The summed E-state index contributed by atoms with van der Waals surface area (Å²) in [5.41, 5.74) is 0.804. The molecule has 2 fully saturated rings. The molecule has 2 saturated heterocycles. The highest BCUT2D eigenvalue weighted by atomic mass is 32.2. The summed E-state index contributed by atoms with van der Waals surface area (Å²) in [5, 5.41) is 9.26. The minimum atomic E-state index is -0.854. The molecule has 1 aromatic rings. The number of piperidine rings is 1. The molecule has 2 heterocycles. The number of amides is 2. The quantitative estimate of drug-likeness (QED) is 0.817. The Hall–Kier alpha value is -2.02. The number of rotatable bonds is 4. The fourth-order valence-corrected chi connectivity index (χ4v) is 4.14. The minimum absolute atomic E-state index is 0.0168. The maximum atomic E-state index is 13.0. The number of hydrogen-bond donors (Lipinski definition) is 1. The molecule has 6 nitrogen and oxygen atoms in total. The van der Waals surface area contributed by atoms with Gasteiger partial charge in [-0.3, -0.25) is 14.4 Å². The Morgan fingerprint density at radius 1 is 1.12 bits per heavy atom. The van der Waals surface area contributed by atoms with Crippen molar-refractivity contribution in [2.75, 3.05) is 24.2 Å². The highest BCUT2D eigenvalue weighted by Crippen LogP contribution is 2.30. The normalized spacial score (nSPS) is 26.2. The first kappa shape index (κ1) is 18.8. The second-order valence-corrected chi connectivity index (χ2v) is 7.94. The molecule has 1 N–H and O–H groups in total. The summed E-state index contributed by atoms with van der Waals surface area (Å²) in [4.78, 5) is 41.1. The summed E-state index contributed by atoms with van der Waals surface area (Å²) in [6, 6.07) is 7.75. The van der Waals surface area contributed by atoms with Crippen molar-refractivity contribution in [2.45, 2.75) is 37.1 Å². The van der Waals surface area contributed by atoms with Gasteiger partial charge in [0, 0.05) is 36.1 Å². The lowest BCUT2D eigenvalue weighted by atomic mass is 9.92. The van der Waals surface area contributed by atoms with E-state index in [1.165, 1.54) is 0 Å². The van der Waals surface area contributed by atoms with Crippen LogP contribution in [0.3, 0.4) is 0 Å². The van der Waals surface area contributed by atoms with Crippen LogP contribution in [-0.4, -0.2) is 53.2 Å². The molecule has 1 aromatic carbocycles. The van der Waals surface area contributed by atoms with Crippen molar-refractivity contribution >= 4 is 35.2 Å². The first-order valence-electron chi connectivity index (χ1n) is 8.88. The molecule has 2 amide bonds. The third-order valence-corrected chi connectivity index (χ3v) is 6.12. The molecule has 7 heteroatoms. The van der Waals surface area contributed by atoms with Crippen molar-refractivity contribution in [2.24, 2.45) is 11.8 Å². The van der Waals surface area contributed by atoms with Crippen LogP contribution in [0, 0.1) is 11.8 Å². The average molecular weight is 376 g/mol. The first-order valence-corrected chi connectivity index (χ1v) is 10.1. The molecule has 0 aliphatic carbocycles. The van der Waals surface area contributed by atoms with Gasteiger partial charge < -0.3 is 14.9 Å². The number of hydrogen-bond acceptors (Lipinski definition) is 4. The Labute approximate surface area is 157 Å². The van der Waals surface area contributed by atoms with Gasteiger partial charge in [-0.25, -0.2) is 0 Å². The molecule has 0 aromatic heterocycles. The maximum Gasteiger partial charge on any atom is 0.308 e. The van der Waals surface area contributed by atoms with Crippen molar-refractivity contribution < 1.29 is 19.5 Å². The lowest BCUT2D eigenvalue weighted by molar-refractivity contribution is -0.148. The number of anilines is 1. The van der Waals surface area contributed by atoms with Crippen LogP contribution in [0.15, 0.2) is 29.2 Å². The lowest BCUT2D eigenvalue weighted by Gasteiger charge is -2.37. The smallest absolute Gasteiger partial charge is 0.308 e. The molecule has 2 aliphatic heterocycles. The predicted molar refractivity (Wildman–Crippen MR) is 100 cm³/mol. The molecule has 3 rings (SSSR count). The second-order valence-electron chi connectivity index (χ2n) is 7.06. The van der Waals surface area contributed by atoms with E-state index < -0.39 is 17.8 Å². The molecule has 2 aliphatic rings. The number of carboxylic acids is 1. The number of nitrogens with zero attached hydrogens (tertiary/aromatic N) is 2. The van der Waals surface area contributed by atoms with Crippen molar-refractivity contribution in [3.8, 4) is 0 Å². The van der Waals surface area contributed by atoms with Crippen molar-refractivity contribution in [1.29, 1.82) is 0 Å². The average Bonchev–Trinajstić information content (AvgIpc) is 3.03. The number of aliphatic carboxylic acids is 1. The standard InChI is InChI=1S/C19H24N2O4S/c1-12-3-4-13(19(24)25)10-20(12)18(23)14-9-17(22)21(11-14)15-5-7-16(26-2)8-6-15/h5-8,12-14H,3-4,9-11H2,1-2H3,(H,24,25). The Morgan fingerprint density at radius 3 is 2.42 bits per heavy atom. The van der Waals surface area contributed by atoms with E-state index in [1.807, 2.05) is 37.4 Å². The Kier molecular flexibility index (Phi) is 5.55. The Bertz CT molecular complexity index is 706. The van der Waals surface area contributed by atoms with Crippen molar-refractivity contribution in [1.82, 2.24) is 4.90 Å². The van der Waals surface area contributed by atoms with Gasteiger partial charge in [-0.2, -0.15) is 0 Å². The fourth-order valence-electron chi connectivity index (χ4n) is 3.73.